The molecular weight excluding hydrogens is 880 g/mol. The summed E-state index contributed by atoms with van der Waals surface area (Å²) in [4.78, 5) is 0. The van der Waals surface area contributed by atoms with Gasteiger partial charge in [-0.2, -0.15) is 0 Å². The van der Waals surface area contributed by atoms with Gasteiger partial charge in [-0.15, -0.1) is 11.3 Å². The van der Waals surface area contributed by atoms with E-state index in [0.717, 1.165) is 0 Å². The van der Waals surface area contributed by atoms with E-state index in [9.17, 15) is 0 Å². The summed E-state index contributed by atoms with van der Waals surface area (Å²) in [6, 6.07) is 86.4. The Labute approximate surface area is 392 Å². The number of thiophene rings is 1. The van der Waals surface area contributed by atoms with Crippen molar-refractivity contribution in [2.45, 2.75) is 0 Å². The fourth-order valence-electron chi connectivity index (χ4n) is 10.9. The number of hydrogen-bond donors (Lipinski definition) is 0. The van der Waals surface area contributed by atoms with E-state index in [1.54, 1.807) is 0 Å². The summed E-state index contributed by atoms with van der Waals surface area (Å²) in [7, 11) is 0. The van der Waals surface area contributed by atoms with E-state index in [2.05, 4.69) is 231 Å². The van der Waals surface area contributed by atoms with E-state index < -0.39 is 0 Å². The number of benzene rings is 12. The molecule has 0 fully saturated rings. The van der Waals surface area contributed by atoms with Crippen molar-refractivity contribution in [3.63, 3.8) is 0 Å². The first-order valence-electron chi connectivity index (χ1n) is 22.6. The second-order valence-electron chi connectivity index (χ2n) is 17.5. The van der Waals surface area contributed by atoms with Crippen LogP contribution in [0.5, 0.6) is 0 Å². The summed E-state index contributed by atoms with van der Waals surface area (Å²) in [6.07, 6.45) is 0. The quantitative estimate of drug-likeness (QED) is 0.119. The topological polar surface area (TPSA) is 0 Å². The summed E-state index contributed by atoms with van der Waals surface area (Å²) in [5.41, 5.74) is 12.8. The van der Waals surface area contributed by atoms with Crippen LogP contribution in [0.3, 0.4) is 0 Å². The number of rotatable bonds is 5. The minimum atomic E-state index is 0.190. The van der Waals surface area contributed by atoms with Gasteiger partial charge in [-0.1, -0.05) is 36.4 Å². The third kappa shape index (κ3) is 5.83. The molecule has 2 heterocycles. The molecule has 66 heavy (non-hydrogen) atoms. The zero-order chi connectivity index (χ0) is 43.3. The summed E-state index contributed by atoms with van der Waals surface area (Å²) in [5, 5.41) is 15.7. The van der Waals surface area contributed by atoms with Crippen LogP contribution < -0.4 is 0 Å². The van der Waals surface area contributed by atoms with E-state index in [1.165, 1.54) is 138 Å². The Kier molecular flexibility index (Phi) is 8.58. The predicted molar refractivity (Wildman–Crippen MR) is 288 cm³/mol. The van der Waals surface area contributed by atoms with Crippen LogP contribution in [0.15, 0.2) is 231 Å². The van der Waals surface area contributed by atoms with Crippen LogP contribution >= 0.6 is 11.3 Å². The molecule has 0 amide bonds. The molecule has 0 saturated carbocycles. The first-order chi connectivity index (χ1) is 32.7. The molecule has 306 valence electrons. The molecule has 14 rings (SSSR count). The van der Waals surface area contributed by atoms with Gasteiger partial charge in [0.25, 0.3) is 0 Å². The molecule has 0 aliphatic heterocycles. The Morgan fingerprint density at radius 2 is 0.576 bits per heavy atom. The molecule has 0 atom stereocenters. The van der Waals surface area contributed by atoms with E-state index in [-0.39, 0.29) is 14.5 Å². The van der Waals surface area contributed by atoms with Gasteiger partial charge in [0, 0.05) is 4.70 Å². The van der Waals surface area contributed by atoms with Crippen LogP contribution in [0.25, 0.3) is 138 Å². The van der Waals surface area contributed by atoms with Crippen molar-refractivity contribution in [2.75, 3.05) is 0 Å². The Morgan fingerprint density at radius 3 is 1.08 bits per heavy atom. The van der Waals surface area contributed by atoms with Crippen molar-refractivity contribution in [2.24, 2.45) is 0 Å². The SMILES string of the molecule is c1ccc(-c2ccc3sc4ccc(-c5c6ccccc6c(-c6ccc7[se]c8cc(-c9c%10ccccc%10c(-c%10ccccc%10)c%10ccccc9%10)ccc8c7c6)c6ccccc56)cc4c3c2)cc1. The Hall–Kier alpha value is -7.58. The molecular formula is C64H38SSe. The Balaban J connectivity index is 0.932. The van der Waals surface area contributed by atoms with Crippen LogP contribution in [-0.4, -0.2) is 14.5 Å². The third-order valence-electron chi connectivity index (χ3n) is 13.8. The van der Waals surface area contributed by atoms with Crippen molar-refractivity contribution in [3.05, 3.63) is 231 Å². The van der Waals surface area contributed by atoms with Crippen LogP contribution in [0, 0.1) is 0 Å². The number of fused-ring (bicyclic) bond motifs is 10. The van der Waals surface area contributed by atoms with E-state index in [0.29, 0.717) is 0 Å². The van der Waals surface area contributed by atoms with Crippen molar-refractivity contribution in [1.29, 1.82) is 0 Å². The van der Waals surface area contributed by atoms with Crippen LogP contribution in [0.1, 0.15) is 0 Å². The van der Waals surface area contributed by atoms with Crippen LogP contribution in [0.2, 0.25) is 0 Å². The molecule has 0 nitrogen and oxygen atoms in total. The molecule has 0 spiro atoms. The van der Waals surface area contributed by atoms with E-state index in [4.69, 9.17) is 0 Å². The molecule has 0 radical (unpaired) electrons. The first-order valence-corrected chi connectivity index (χ1v) is 25.2. The van der Waals surface area contributed by atoms with Crippen molar-refractivity contribution in [3.8, 4) is 55.6 Å². The van der Waals surface area contributed by atoms with Gasteiger partial charge in [0.05, 0.1) is 0 Å². The minimum absolute atomic E-state index is 0.190. The average Bonchev–Trinajstić information content (AvgIpc) is 3.94. The van der Waals surface area contributed by atoms with Gasteiger partial charge in [0.2, 0.25) is 0 Å². The monoisotopic (exact) mass is 918 g/mol. The normalized spacial score (nSPS) is 11.9. The van der Waals surface area contributed by atoms with Gasteiger partial charge in [0.15, 0.2) is 0 Å². The molecule has 0 bridgehead atoms. The van der Waals surface area contributed by atoms with Gasteiger partial charge < -0.3 is 0 Å². The average molecular weight is 918 g/mol. The zero-order valence-electron chi connectivity index (χ0n) is 35.8. The Morgan fingerprint density at radius 1 is 0.212 bits per heavy atom. The van der Waals surface area contributed by atoms with E-state index in [1.807, 2.05) is 11.3 Å². The van der Waals surface area contributed by atoms with Crippen LogP contribution in [0.4, 0.5) is 0 Å². The molecule has 0 aliphatic rings. The Bertz CT molecular complexity index is 4160. The van der Waals surface area contributed by atoms with Crippen molar-refractivity contribution >= 4 is 108 Å². The molecule has 0 saturated heterocycles. The molecule has 0 N–H and O–H groups in total. The summed E-state index contributed by atoms with van der Waals surface area (Å²) >= 11 is 2.07. The fourth-order valence-corrected chi connectivity index (χ4v) is 14.4. The molecule has 0 aliphatic carbocycles. The van der Waals surface area contributed by atoms with Crippen molar-refractivity contribution in [1.82, 2.24) is 0 Å². The van der Waals surface area contributed by atoms with Gasteiger partial charge in [-0.25, -0.2) is 0 Å². The summed E-state index contributed by atoms with van der Waals surface area (Å²) in [6.45, 7) is 0. The zero-order valence-corrected chi connectivity index (χ0v) is 38.3. The standard InChI is InChI=1S/C64H38SSe/c1-3-15-39(16-4-1)41-28-32-57-54(35-41)55-36-42(29-33-58(55)65-57)62-50-23-11-13-25-52(50)63(53-26-14-12-24-51(53)62)43-30-34-59-56(37-43)45-31-27-44(38-60(45)66-59)64-48-21-9-7-19-46(48)61(40-17-5-2-6-18-40)47-20-8-10-22-49(47)64/h1-38H. The maximum absolute atomic E-state index is 2.50. The summed E-state index contributed by atoms with van der Waals surface area (Å²) < 4.78 is 5.54. The molecule has 14 aromatic rings. The molecule has 2 aromatic heterocycles. The predicted octanol–water partition coefficient (Wildman–Crippen LogP) is 18.4. The molecule has 12 aromatic carbocycles. The summed E-state index contributed by atoms with van der Waals surface area (Å²) in [5.74, 6) is 0. The van der Waals surface area contributed by atoms with Gasteiger partial charge in [-0.3, -0.25) is 0 Å². The number of hydrogen-bond acceptors (Lipinski definition) is 1. The van der Waals surface area contributed by atoms with Crippen LogP contribution in [-0.2, 0) is 0 Å². The molecule has 2 heteroatoms. The fraction of sp³-hybridized carbons (Fsp3) is 0. The first kappa shape index (κ1) is 37.8. The van der Waals surface area contributed by atoms with Gasteiger partial charge in [0.1, 0.15) is 0 Å². The maximum atomic E-state index is 2.50. The van der Waals surface area contributed by atoms with Gasteiger partial charge >= 0.3 is 319 Å². The molecule has 0 unspecified atom stereocenters. The van der Waals surface area contributed by atoms with Gasteiger partial charge in [-0.05, 0) is 23.3 Å². The minimum Gasteiger partial charge on any atom is -0.0617 e. The van der Waals surface area contributed by atoms with E-state index >= 15 is 0 Å². The van der Waals surface area contributed by atoms with Crippen molar-refractivity contribution < 1.29 is 0 Å². The second kappa shape index (κ2) is 15.0. The third-order valence-corrected chi connectivity index (χ3v) is 17.4. The second-order valence-corrected chi connectivity index (χ2v) is 20.8. The smallest absolute Gasteiger partial charge is 0.0617 e.